The Morgan fingerprint density at radius 1 is 0.622 bits per heavy atom. The number of hydrogen-bond donors (Lipinski definition) is 0. The number of rotatable bonds is 24. The van der Waals surface area contributed by atoms with E-state index in [1.54, 1.807) is 39.5 Å². The van der Waals surface area contributed by atoms with Crippen molar-refractivity contribution < 1.29 is 23.7 Å². The fourth-order valence-corrected chi connectivity index (χ4v) is 4.59. The molecule has 212 valence electrons. The van der Waals surface area contributed by atoms with Crippen LogP contribution in [0.25, 0.3) is 6.08 Å². The van der Waals surface area contributed by atoms with Crippen molar-refractivity contribution in [1.82, 2.24) is 0 Å². The summed E-state index contributed by atoms with van der Waals surface area (Å²) in [6.45, 7) is 2.75. The van der Waals surface area contributed by atoms with Crippen LogP contribution in [0.3, 0.4) is 0 Å². The monoisotopic (exact) mass is 518 g/mol. The first-order valence-electron chi connectivity index (χ1n) is 14.8. The maximum atomic E-state index is 12.0. The smallest absolute Gasteiger partial charge is 0.330 e. The number of benzene rings is 1. The molecule has 5 nitrogen and oxygen atoms in total. The van der Waals surface area contributed by atoms with Crippen LogP contribution in [0.2, 0.25) is 0 Å². The number of carbonyl (C=O) groups excluding carboxylic acids is 1. The molecule has 1 aromatic rings. The molecule has 5 heteroatoms. The third-order valence-corrected chi connectivity index (χ3v) is 6.84. The Kier molecular flexibility index (Phi) is 20.4. The summed E-state index contributed by atoms with van der Waals surface area (Å²) < 4.78 is 21.3. The van der Waals surface area contributed by atoms with Crippen molar-refractivity contribution >= 4 is 12.0 Å². The standard InChI is InChI=1S/C32H54O5/c1-5-6-7-8-9-10-11-12-13-14-15-16-17-18-19-20-21-22-25-37-31(33)24-23-28-26-29(34-2)32(36-4)30(27-28)35-3/h23-24,26-27H,5-22,25H2,1-4H3. The lowest BCUT2D eigenvalue weighted by atomic mass is 10.0. The maximum absolute atomic E-state index is 12.0. The van der Waals surface area contributed by atoms with Crippen LogP contribution in [0.15, 0.2) is 18.2 Å². The SMILES string of the molecule is CCCCCCCCCCCCCCCCCCCCOC(=O)C=Cc1cc(OC)c(OC)c(OC)c1. The quantitative estimate of drug-likeness (QED) is 0.0775. The minimum absolute atomic E-state index is 0.333. The molecule has 0 aromatic heterocycles. The van der Waals surface area contributed by atoms with E-state index in [1.807, 2.05) is 0 Å². The number of unbranched alkanes of at least 4 members (excludes halogenated alkanes) is 17. The van der Waals surface area contributed by atoms with E-state index in [0.717, 1.165) is 18.4 Å². The van der Waals surface area contributed by atoms with E-state index in [1.165, 1.54) is 109 Å². The first-order valence-corrected chi connectivity index (χ1v) is 14.8. The fraction of sp³-hybridized carbons (Fsp3) is 0.719. The summed E-state index contributed by atoms with van der Waals surface area (Å²) in [7, 11) is 4.70. The second kappa shape index (κ2) is 23.0. The van der Waals surface area contributed by atoms with Crippen LogP contribution >= 0.6 is 0 Å². The van der Waals surface area contributed by atoms with Crippen LogP contribution in [0, 0.1) is 0 Å². The Labute approximate surface area is 227 Å². The highest BCUT2D eigenvalue weighted by molar-refractivity contribution is 5.87. The molecule has 0 aliphatic rings. The fourth-order valence-electron chi connectivity index (χ4n) is 4.59. The van der Waals surface area contributed by atoms with E-state index < -0.39 is 0 Å². The Hall–Kier alpha value is -2.17. The summed E-state index contributed by atoms with van der Waals surface area (Å²) in [6.07, 6.45) is 27.3. The van der Waals surface area contributed by atoms with Gasteiger partial charge < -0.3 is 18.9 Å². The minimum Gasteiger partial charge on any atom is -0.493 e. The summed E-state index contributed by atoms with van der Waals surface area (Å²) in [5, 5.41) is 0. The van der Waals surface area contributed by atoms with Gasteiger partial charge >= 0.3 is 5.97 Å². The second-order valence-corrected chi connectivity index (χ2v) is 9.97. The Balaban J connectivity index is 1.97. The van der Waals surface area contributed by atoms with Gasteiger partial charge in [-0.15, -0.1) is 0 Å². The molecule has 0 fully saturated rings. The van der Waals surface area contributed by atoms with Gasteiger partial charge in [0.1, 0.15) is 0 Å². The van der Waals surface area contributed by atoms with Gasteiger partial charge in [0.25, 0.3) is 0 Å². The van der Waals surface area contributed by atoms with Crippen molar-refractivity contribution in [2.45, 2.75) is 122 Å². The number of methoxy groups -OCH3 is 3. The molecule has 0 saturated heterocycles. The Morgan fingerprint density at radius 2 is 1.03 bits per heavy atom. The van der Waals surface area contributed by atoms with E-state index in [2.05, 4.69) is 6.92 Å². The molecule has 0 bridgehead atoms. The van der Waals surface area contributed by atoms with Crippen molar-refractivity contribution in [1.29, 1.82) is 0 Å². The van der Waals surface area contributed by atoms with Crippen molar-refractivity contribution in [3.05, 3.63) is 23.8 Å². The van der Waals surface area contributed by atoms with Crippen molar-refractivity contribution in [2.24, 2.45) is 0 Å². The normalized spacial score (nSPS) is 11.1. The zero-order chi connectivity index (χ0) is 27.0. The molecule has 0 radical (unpaired) electrons. The highest BCUT2D eigenvalue weighted by Gasteiger charge is 2.12. The molecule has 0 aliphatic carbocycles. The maximum Gasteiger partial charge on any atom is 0.330 e. The number of carbonyl (C=O) groups is 1. The van der Waals surface area contributed by atoms with Crippen LogP contribution in [-0.2, 0) is 9.53 Å². The van der Waals surface area contributed by atoms with E-state index in [4.69, 9.17) is 18.9 Å². The summed E-state index contributed by atoms with van der Waals surface area (Å²) in [6, 6.07) is 3.59. The molecule has 0 heterocycles. The predicted octanol–water partition coefficient (Wildman–Crippen LogP) is 9.31. The van der Waals surface area contributed by atoms with Crippen LogP contribution in [0.1, 0.15) is 128 Å². The molecule has 0 atom stereocenters. The molecule has 0 unspecified atom stereocenters. The van der Waals surface area contributed by atoms with Crippen LogP contribution < -0.4 is 14.2 Å². The average molecular weight is 519 g/mol. The third kappa shape index (κ3) is 16.3. The molecule has 0 amide bonds. The Bertz CT molecular complexity index is 703. The van der Waals surface area contributed by atoms with Gasteiger partial charge in [0.2, 0.25) is 5.75 Å². The molecule has 1 aromatic carbocycles. The van der Waals surface area contributed by atoms with Crippen molar-refractivity contribution in [3.63, 3.8) is 0 Å². The van der Waals surface area contributed by atoms with Crippen molar-refractivity contribution in [2.75, 3.05) is 27.9 Å². The van der Waals surface area contributed by atoms with Crippen molar-refractivity contribution in [3.8, 4) is 17.2 Å². The molecule has 0 N–H and O–H groups in total. The molecule has 0 aliphatic heterocycles. The third-order valence-electron chi connectivity index (χ3n) is 6.84. The number of hydrogen-bond acceptors (Lipinski definition) is 5. The van der Waals surface area contributed by atoms with Gasteiger partial charge in [-0.1, -0.05) is 116 Å². The molecule has 37 heavy (non-hydrogen) atoms. The molecule has 0 spiro atoms. The zero-order valence-electron chi connectivity index (χ0n) is 24.3. The predicted molar refractivity (Wildman–Crippen MR) is 155 cm³/mol. The molecular formula is C32H54O5. The van der Waals surface area contributed by atoms with E-state index in [9.17, 15) is 4.79 Å². The van der Waals surface area contributed by atoms with Gasteiger partial charge in [-0.25, -0.2) is 4.79 Å². The lowest BCUT2D eigenvalue weighted by Gasteiger charge is -2.12. The van der Waals surface area contributed by atoms with Gasteiger partial charge in [0.05, 0.1) is 27.9 Å². The highest BCUT2D eigenvalue weighted by Crippen LogP contribution is 2.38. The first kappa shape index (κ1) is 32.9. The largest absolute Gasteiger partial charge is 0.493 e. The second-order valence-electron chi connectivity index (χ2n) is 9.97. The zero-order valence-corrected chi connectivity index (χ0v) is 24.3. The minimum atomic E-state index is -0.333. The van der Waals surface area contributed by atoms with Gasteiger partial charge in [-0.2, -0.15) is 0 Å². The average Bonchev–Trinajstić information content (AvgIpc) is 2.92. The summed E-state index contributed by atoms with van der Waals surface area (Å²) in [4.78, 5) is 12.0. The van der Waals surface area contributed by atoms with Gasteiger partial charge in [-0.3, -0.25) is 0 Å². The summed E-state index contributed by atoms with van der Waals surface area (Å²) in [5.41, 5.74) is 0.777. The van der Waals surface area contributed by atoms with Crippen LogP contribution in [-0.4, -0.2) is 33.9 Å². The highest BCUT2D eigenvalue weighted by atomic mass is 16.5. The number of esters is 1. The van der Waals surface area contributed by atoms with Gasteiger partial charge in [0, 0.05) is 6.08 Å². The van der Waals surface area contributed by atoms with Crippen LogP contribution in [0.5, 0.6) is 17.2 Å². The molecule has 0 saturated carbocycles. The summed E-state index contributed by atoms with van der Waals surface area (Å²) in [5.74, 6) is 1.29. The lowest BCUT2D eigenvalue weighted by molar-refractivity contribution is -0.137. The van der Waals surface area contributed by atoms with Gasteiger partial charge in [-0.05, 0) is 30.2 Å². The molecule has 1 rings (SSSR count). The van der Waals surface area contributed by atoms with Crippen LogP contribution in [0.4, 0.5) is 0 Å². The van der Waals surface area contributed by atoms with E-state index in [-0.39, 0.29) is 5.97 Å². The topological polar surface area (TPSA) is 54.0 Å². The van der Waals surface area contributed by atoms with Gasteiger partial charge in [0.15, 0.2) is 11.5 Å². The summed E-state index contributed by atoms with van der Waals surface area (Å²) >= 11 is 0. The van der Waals surface area contributed by atoms with E-state index >= 15 is 0 Å². The first-order chi connectivity index (χ1) is 18.2. The molecular weight excluding hydrogens is 464 g/mol. The number of ether oxygens (including phenoxy) is 4. The Morgan fingerprint density at radius 3 is 1.41 bits per heavy atom. The van der Waals surface area contributed by atoms with E-state index in [0.29, 0.717) is 23.9 Å². The lowest BCUT2D eigenvalue weighted by Crippen LogP contribution is -2.02.